The van der Waals surface area contributed by atoms with E-state index in [1.807, 2.05) is 6.07 Å². The lowest BCUT2D eigenvalue weighted by Crippen LogP contribution is -2.01. The van der Waals surface area contributed by atoms with E-state index in [0.717, 1.165) is 6.07 Å². The molecule has 0 heterocycles. The fourth-order valence-electron chi connectivity index (χ4n) is 4.01. The standard InChI is InChI=1S/C22H18N4O6S2.C6H7NO3S/c23-14-9-10-18(21(13-14)34(30,31)32)26-25-17-11-12-19(24-15-5-2-1-3-6-15)22-16(17)7-4-8-20(22)33(27,28)29;7-5-1-3-6(4-2-5)11(8,9)10/h1-13,24H,23H2,(H,27,28,29)(H,30,31,32);1-4H,7H2,(H,8,9,10). The van der Waals surface area contributed by atoms with Crippen molar-refractivity contribution in [3.05, 3.63) is 103 Å². The number of rotatable bonds is 7. The molecule has 0 bridgehead atoms. The Kier molecular flexibility index (Phi) is 9.52. The first kappa shape index (κ1) is 33.0. The summed E-state index contributed by atoms with van der Waals surface area (Å²) in [5, 5.41) is 11.6. The van der Waals surface area contributed by atoms with Gasteiger partial charge in [-0.25, -0.2) is 0 Å². The number of nitrogens with zero attached hydrogens (tertiary/aromatic N) is 2. The molecule has 0 aliphatic carbocycles. The van der Waals surface area contributed by atoms with Crippen LogP contribution in [-0.4, -0.2) is 38.9 Å². The Bertz CT molecular complexity index is 2230. The van der Waals surface area contributed by atoms with Crippen molar-refractivity contribution in [3.63, 3.8) is 0 Å². The number of anilines is 4. The van der Waals surface area contributed by atoms with Gasteiger partial charge >= 0.3 is 0 Å². The fourth-order valence-corrected chi connectivity index (χ4v) is 5.88. The van der Waals surface area contributed by atoms with E-state index in [4.69, 9.17) is 16.0 Å². The van der Waals surface area contributed by atoms with Gasteiger partial charge in [0.2, 0.25) is 0 Å². The van der Waals surface area contributed by atoms with Crippen molar-refractivity contribution in [3.8, 4) is 0 Å². The van der Waals surface area contributed by atoms with Crippen LogP contribution in [0.3, 0.4) is 0 Å². The molecule has 0 fully saturated rings. The first-order chi connectivity index (χ1) is 21.0. The molecule has 0 radical (unpaired) electrons. The monoisotopic (exact) mass is 671 g/mol. The molecule has 0 aliphatic rings. The molecule has 17 heteroatoms. The molecule has 0 saturated carbocycles. The maximum absolute atomic E-state index is 12.1. The van der Waals surface area contributed by atoms with E-state index >= 15 is 0 Å². The van der Waals surface area contributed by atoms with Gasteiger partial charge in [-0.2, -0.15) is 25.3 Å². The van der Waals surface area contributed by atoms with Gasteiger partial charge in [-0.1, -0.05) is 30.3 Å². The van der Waals surface area contributed by atoms with Gasteiger partial charge in [0.15, 0.2) is 0 Å². The van der Waals surface area contributed by atoms with Crippen LogP contribution in [0, 0.1) is 0 Å². The van der Waals surface area contributed by atoms with Gasteiger partial charge in [-0.05, 0) is 72.8 Å². The van der Waals surface area contributed by atoms with Crippen molar-refractivity contribution in [1.82, 2.24) is 0 Å². The van der Waals surface area contributed by atoms with Gasteiger partial charge in [0.25, 0.3) is 30.4 Å². The maximum atomic E-state index is 12.1. The van der Waals surface area contributed by atoms with E-state index in [1.54, 1.807) is 42.5 Å². The minimum Gasteiger partial charge on any atom is -0.399 e. The second-order valence-electron chi connectivity index (χ2n) is 9.22. The third-order valence-corrected chi connectivity index (χ3v) is 8.66. The lowest BCUT2D eigenvalue weighted by molar-refractivity contribution is 0.481. The average Bonchev–Trinajstić information content (AvgIpc) is 2.96. The fraction of sp³-hybridized carbons (Fsp3) is 0. The number of benzene rings is 5. The van der Waals surface area contributed by atoms with Crippen LogP contribution in [0.25, 0.3) is 10.8 Å². The molecule has 5 aromatic carbocycles. The van der Waals surface area contributed by atoms with Crippen molar-refractivity contribution in [2.24, 2.45) is 10.2 Å². The number of azo groups is 1. The zero-order chi connectivity index (χ0) is 33.0. The zero-order valence-electron chi connectivity index (χ0n) is 22.9. The minimum atomic E-state index is -4.63. The molecule has 45 heavy (non-hydrogen) atoms. The molecule has 0 amide bonds. The molecular weight excluding hydrogens is 647 g/mol. The normalized spacial score (nSPS) is 12.1. The van der Waals surface area contributed by atoms with E-state index in [9.17, 15) is 34.4 Å². The lowest BCUT2D eigenvalue weighted by atomic mass is 10.1. The van der Waals surface area contributed by atoms with Crippen molar-refractivity contribution in [2.45, 2.75) is 14.7 Å². The Labute approximate surface area is 258 Å². The van der Waals surface area contributed by atoms with Crippen LogP contribution in [0.1, 0.15) is 0 Å². The molecule has 0 atom stereocenters. The van der Waals surface area contributed by atoms with Gasteiger partial charge in [-0.15, -0.1) is 10.2 Å². The number of para-hydroxylation sites is 1. The second-order valence-corrected chi connectivity index (χ2v) is 13.4. The molecular formula is C28H25N5O9S3. The highest BCUT2D eigenvalue weighted by molar-refractivity contribution is 7.86. The second kappa shape index (κ2) is 13.0. The topological polar surface area (TPSA) is 252 Å². The Morgan fingerprint density at radius 1 is 0.556 bits per heavy atom. The number of hydrogen-bond donors (Lipinski definition) is 6. The van der Waals surface area contributed by atoms with Gasteiger partial charge in [0.1, 0.15) is 15.5 Å². The predicted octanol–water partition coefficient (Wildman–Crippen LogP) is 5.59. The summed E-state index contributed by atoms with van der Waals surface area (Å²) >= 11 is 0. The smallest absolute Gasteiger partial charge is 0.296 e. The van der Waals surface area contributed by atoms with Crippen LogP contribution >= 0.6 is 0 Å². The quantitative estimate of drug-likeness (QED) is 0.0703. The Hall–Kier alpha value is -4.91. The van der Waals surface area contributed by atoms with E-state index in [1.165, 1.54) is 48.5 Å². The minimum absolute atomic E-state index is 0.103. The van der Waals surface area contributed by atoms with Crippen molar-refractivity contribution < 1.29 is 38.9 Å². The summed E-state index contributed by atoms with van der Waals surface area (Å²) in [5.74, 6) is 0. The highest BCUT2D eigenvalue weighted by atomic mass is 32.2. The summed E-state index contributed by atoms with van der Waals surface area (Å²) in [6.45, 7) is 0. The molecule has 234 valence electrons. The van der Waals surface area contributed by atoms with E-state index in [2.05, 4.69) is 15.5 Å². The molecule has 0 aliphatic heterocycles. The van der Waals surface area contributed by atoms with Gasteiger partial charge in [-0.3, -0.25) is 13.7 Å². The number of hydrogen-bond acceptors (Lipinski definition) is 11. The van der Waals surface area contributed by atoms with Crippen LogP contribution in [0.2, 0.25) is 0 Å². The number of nitrogens with one attached hydrogen (secondary N) is 1. The van der Waals surface area contributed by atoms with Gasteiger partial charge < -0.3 is 16.8 Å². The largest absolute Gasteiger partial charge is 0.399 e. The summed E-state index contributed by atoms with van der Waals surface area (Å²) < 4.78 is 96.3. The van der Waals surface area contributed by atoms with Crippen LogP contribution < -0.4 is 16.8 Å². The summed E-state index contributed by atoms with van der Waals surface area (Å²) in [4.78, 5) is -1.01. The van der Waals surface area contributed by atoms with Crippen LogP contribution in [-0.2, 0) is 30.4 Å². The summed E-state index contributed by atoms with van der Waals surface area (Å²) in [6, 6.07) is 25.4. The van der Waals surface area contributed by atoms with E-state index < -0.39 is 35.2 Å². The molecule has 0 spiro atoms. The summed E-state index contributed by atoms with van der Waals surface area (Å²) in [5.41, 5.74) is 12.6. The highest BCUT2D eigenvalue weighted by Gasteiger charge is 2.20. The molecule has 0 aromatic heterocycles. The molecule has 0 unspecified atom stereocenters. The Morgan fingerprint density at radius 3 is 1.73 bits per heavy atom. The van der Waals surface area contributed by atoms with Crippen LogP contribution in [0.4, 0.5) is 34.1 Å². The molecule has 0 saturated heterocycles. The Balaban J connectivity index is 0.000000354. The number of nitrogens with two attached hydrogens (primary N) is 2. The van der Waals surface area contributed by atoms with Gasteiger partial charge in [0.05, 0.1) is 10.6 Å². The number of nitrogen functional groups attached to an aromatic ring is 2. The zero-order valence-corrected chi connectivity index (χ0v) is 25.3. The first-order valence-electron chi connectivity index (χ1n) is 12.5. The van der Waals surface area contributed by atoms with Crippen molar-refractivity contribution in [2.75, 3.05) is 16.8 Å². The third-order valence-electron chi connectivity index (χ3n) is 6.02. The first-order valence-corrected chi connectivity index (χ1v) is 16.8. The Morgan fingerprint density at radius 2 is 1.13 bits per heavy atom. The van der Waals surface area contributed by atoms with E-state index in [-0.39, 0.29) is 32.2 Å². The van der Waals surface area contributed by atoms with Crippen LogP contribution in [0.5, 0.6) is 0 Å². The van der Waals surface area contributed by atoms with Crippen molar-refractivity contribution in [1.29, 1.82) is 0 Å². The SMILES string of the molecule is Nc1ccc(N=Nc2ccc(Nc3ccccc3)c3c(S(=O)(=O)O)cccc23)c(S(=O)(=O)O)c1.Nc1ccc(S(=O)(=O)O)cc1. The average molecular weight is 672 g/mol. The lowest BCUT2D eigenvalue weighted by Gasteiger charge is -2.14. The molecule has 5 aromatic rings. The van der Waals surface area contributed by atoms with Gasteiger partial charge in [0, 0.05) is 33.5 Å². The molecule has 8 N–H and O–H groups in total. The van der Waals surface area contributed by atoms with Crippen LogP contribution in [0.15, 0.2) is 128 Å². The summed E-state index contributed by atoms with van der Waals surface area (Å²) in [7, 11) is -13.3. The molecule has 14 nitrogen and oxygen atoms in total. The highest BCUT2D eigenvalue weighted by Crippen LogP contribution is 2.38. The third kappa shape index (κ3) is 8.38. The van der Waals surface area contributed by atoms with Crippen molar-refractivity contribution >= 4 is 75.3 Å². The maximum Gasteiger partial charge on any atom is 0.296 e. The van der Waals surface area contributed by atoms with E-state index in [0.29, 0.717) is 22.4 Å². The summed E-state index contributed by atoms with van der Waals surface area (Å²) in [6.07, 6.45) is 0. The molecule has 5 rings (SSSR count). The predicted molar refractivity (Wildman–Crippen MR) is 169 cm³/mol. The number of fused-ring (bicyclic) bond motifs is 1.